The summed E-state index contributed by atoms with van der Waals surface area (Å²) < 4.78 is 10.7. The van der Waals surface area contributed by atoms with Crippen molar-refractivity contribution in [1.82, 2.24) is 4.98 Å². The molecule has 7 heteroatoms. The summed E-state index contributed by atoms with van der Waals surface area (Å²) in [5.41, 5.74) is 2.14. The highest BCUT2D eigenvalue weighted by Crippen LogP contribution is 2.29. The summed E-state index contributed by atoms with van der Waals surface area (Å²) in [5, 5.41) is 2.61. The van der Waals surface area contributed by atoms with Crippen molar-refractivity contribution >= 4 is 38.4 Å². The Hall–Kier alpha value is -1.86. The molecule has 0 amide bonds. The van der Waals surface area contributed by atoms with E-state index in [1.807, 2.05) is 29.6 Å². The second kappa shape index (κ2) is 7.42. The van der Waals surface area contributed by atoms with E-state index in [1.165, 1.54) is 31.8 Å². The molecule has 1 aromatic carbocycles. The quantitative estimate of drug-likeness (QED) is 0.448. The van der Waals surface area contributed by atoms with Gasteiger partial charge in [-0.25, -0.2) is 9.78 Å². The molecule has 0 aliphatic rings. The van der Waals surface area contributed by atoms with E-state index in [1.54, 1.807) is 11.9 Å². The van der Waals surface area contributed by atoms with Gasteiger partial charge in [0, 0.05) is 22.5 Å². The van der Waals surface area contributed by atoms with Gasteiger partial charge in [-0.3, -0.25) is 0 Å². The Bertz CT molecular complexity index is 682. The summed E-state index contributed by atoms with van der Waals surface area (Å²) in [5.74, 6) is -0.482. The van der Waals surface area contributed by atoms with E-state index in [4.69, 9.17) is 9.47 Å². The number of ether oxygens (including phenoxy) is 2. The number of hydrogen-bond donors (Lipinski definition) is 0. The molecule has 0 radical (unpaired) electrons. The first-order valence-electron chi connectivity index (χ1n) is 6.33. The molecule has 116 valence electrons. The van der Waals surface area contributed by atoms with E-state index in [2.05, 4.69) is 20.9 Å². The lowest BCUT2D eigenvalue weighted by molar-refractivity contribution is -0.136. The molecule has 0 aliphatic carbocycles. The van der Waals surface area contributed by atoms with Crippen LogP contribution in [0.3, 0.4) is 0 Å². The van der Waals surface area contributed by atoms with Crippen molar-refractivity contribution in [3.05, 3.63) is 46.1 Å². The van der Waals surface area contributed by atoms with Gasteiger partial charge in [0.1, 0.15) is 6.26 Å². The summed E-state index contributed by atoms with van der Waals surface area (Å²) in [6.07, 6.45) is 1.34. The third kappa shape index (κ3) is 3.66. The van der Waals surface area contributed by atoms with Crippen molar-refractivity contribution < 1.29 is 14.3 Å². The Kier molecular flexibility index (Phi) is 5.57. The number of anilines is 1. The highest BCUT2D eigenvalue weighted by Gasteiger charge is 2.19. The lowest BCUT2D eigenvalue weighted by Crippen LogP contribution is -2.24. The number of esters is 1. The van der Waals surface area contributed by atoms with Crippen LogP contribution < -0.4 is 4.90 Å². The van der Waals surface area contributed by atoms with Gasteiger partial charge < -0.3 is 14.4 Å². The number of nitrogens with zero attached hydrogens (tertiary/aromatic N) is 2. The predicted octanol–water partition coefficient (Wildman–Crippen LogP) is 3.67. The van der Waals surface area contributed by atoms with Crippen molar-refractivity contribution in [1.29, 1.82) is 0 Å². The molecular formula is C15H15BrN2O3S. The minimum atomic E-state index is -0.482. The molecule has 0 spiro atoms. The number of rotatable bonds is 5. The van der Waals surface area contributed by atoms with Gasteiger partial charge in [0.15, 0.2) is 10.8 Å². The summed E-state index contributed by atoms with van der Waals surface area (Å²) >= 11 is 4.85. The Morgan fingerprint density at radius 2 is 2.00 bits per heavy atom. The van der Waals surface area contributed by atoms with Gasteiger partial charge in [-0.1, -0.05) is 28.1 Å². The fraction of sp³-hybridized carbons (Fsp3) is 0.200. The van der Waals surface area contributed by atoms with Crippen LogP contribution in [-0.2, 0) is 14.3 Å². The van der Waals surface area contributed by atoms with Crippen LogP contribution in [0.15, 0.2) is 46.1 Å². The zero-order valence-electron chi connectivity index (χ0n) is 12.4. The van der Waals surface area contributed by atoms with Crippen LogP contribution in [-0.4, -0.2) is 32.2 Å². The van der Waals surface area contributed by atoms with Gasteiger partial charge in [0.2, 0.25) is 0 Å². The number of hydrogen-bond acceptors (Lipinski definition) is 6. The summed E-state index contributed by atoms with van der Waals surface area (Å²) in [4.78, 5) is 18.0. The van der Waals surface area contributed by atoms with Crippen LogP contribution in [0.2, 0.25) is 0 Å². The molecule has 5 nitrogen and oxygen atoms in total. The van der Waals surface area contributed by atoms with Crippen LogP contribution in [0.1, 0.15) is 0 Å². The number of carbonyl (C=O) groups excluding carboxylic acids is 1. The molecule has 22 heavy (non-hydrogen) atoms. The molecule has 1 aromatic heterocycles. The van der Waals surface area contributed by atoms with Crippen LogP contribution >= 0.6 is 27.3 Å². The van der Waals surface area contributed by atoms with Crippen molar-refractivity contribution in [2.75, 3.05) is 26.2 Å². The number of halogens is 1. The number of benzene rings is 1. The fourth-order valence-corrected chi connectivity index (χ4v) is 2.83. The zero-order valence-corrected chi connectivity index (χ0v) is 14.8. The maximum atomic E-state index is 11.8. The first-order chi connectivity index (χ1) is 10.6. The predicted molar refractivity (Wildman–Crippen MR) is 90.8 cm³/mol. The number of aromatic nitrogens is 1. The molecule has 0 bridgehead atoms. The van der Waals surface area contributed by atoms with Gasteiger partial charge in [-0.05, 0) is 12.1 Å². The standard InChI is InChI=1S/C15H15BrN2O3S/c1-18(13(8-20-2)14(19)21-3)15-17-12(9-22-15)10-4-6-11(16)7-5-10/h4-9H,1-3H3/b13-8+. The summed E-state index contributed by atoms with van der Waals surface area (Å²) in [6, 6.07) is 7.88. The van der Waals surface area contributed by atoms with Crippen molar-refractivity contribution in [2.45, 2.75) is 0 Å². The molecule has 0 unspecified atom stereocenters. The Morgan fingerprint density at radius 1 is 1.32 bits per heavy atom. The Balaban J connectivity index is 2.28. The smallest absolute Gasteiger partial charge is 0.357 e. The van der Waals surface area contributed by atoms with Crippen molar-refractivity contribution in [2.24, 2.45) is 0 Å². The highest BCUT2D eigenvalue weighted by molar-refractivity contribution is 9.10. The molecule has 1 heterocycles. The van der Waals surface area contributed by atoms with Gasteiger partial charge >= 0.3 is 5.97 Å². The van der Waals surface area contributed by atoms with E-state index in [9.17, 15) is 4.79 Å². The molecule has 0 saturated carbocycles. The monoisotopic (exact) mass is 382 g/mol. The maximum absolute atomic E-state index is 11.8. The zero-order chi connectivity index (χ0) is 16.1. The van der Waals surface area contributed by atoms with Crippen molar-refractivity contribution in [3.8, 4) is 11.3 Å². The molecule has 2 aromatic rings. The second-order valence-electron chi connectivity index (χ2n) is 4.31. The van der Waals surface area contributed by atoms with Gasteiger partial charge in [-0.15, -0.1) is 11.3 Å². The number of methoxy groups -OCH3 is 2. The third-order valence-electron chi connectivity index (χ3n) is 2.90. The fourth-order valence-electron chi connectivity index (χ4n) is 1.75. The normalized spacial score (nSPS) is 11.2. The van der Waals surface area contributed by atoms with E-state index >= 15 is 0 Å². The molecule has 0 fully saturated rings. The SMILES string of the molecule is CO/C=C(\C(=O)OC)N(C)c1nc(-c2ccc(Br)cc2)cs1. The number of carbonyl (C=O) groups is 1. The van der Waals surface area contributed by atoms with Crippen LogP contribution in [0, 0.1) is 0 Å². The molecule has 0 aliphatic heterocycles. The van der Waals surface area contributed by atoms with Crippen molar-refractivity contribution in [3.63, 3.8) is 0 Å². The average molecular weight is 383 g/mol. The number of thiazole rings is 1. The highest BCUT2D eigenvalue weighted by atomic mass is 79.9. The van der Waals surface area contributed by atoms with Crippen LogP contribution in [0.25, 0.3) is 11.3 Å². The summed E-state index contributed by atoms with van der Waals surface area (Å²) in [7, 11) is 4.55. The molecule has 2 rings (SSSR count). The molecular weight excluding hydrogens is 368 g/mol. The van der Waals surface area contributed by atoms with E-state index in [0.717, 1.165) is 15.7 Å². The largest absolute Gasteiger partial charge is 0.502 e. The summed E-state index contributed by atoms with van der Waals surface area (Å²) in [6.45, 7) is 0. The average Bonchev–Trinajstić information content (AvgIpc) is 3.02. The topological polar surface area (TPSA) is 51.7 Å². The first-order valence-corrected chi connectivity index (χ1v) is 8.00. The molecule has 0 N–H and O–H groups in total. The first kappa shape index (κ1) is 16.5. The second-order valence-corrected chi connectivity index (χ2v) is 6.06. The Morgan fingerprint density at radius 3 is 2.59 bits per heavy atom. The van der Waals surface area contributed by atoms with Gasteiger partial charge in [0.25, 0.3) is 0 Å². The van der Waals surface area contributed by atoms with Crippen LogP contribution in [0.4, 0.5) is 5.13 Å². The minimum Gasteiger partial charge on any atom is -0.502 e. The lowest BCUT2D eigenvalue weighted by atomic mass is 10.2. The third-order valence-corrected chi connectivity index (χ3v) is 4.35. The molecule has 0 saturated heterocycles. The van der Waals surface area contributed by atoms with Gasteiger partial charge in [-0.2, -0.15) is 0 Å². The lowest BCUT2D eigenvalue weighted by Gasteiger charge is -2.17. The Labute approximate surface area is 141 Å². The van der Waals surface area contributed by atoms with E-state index in [0.29, 0.717) is 5.13 Å². The maximum Gasteiger partial charge on any atom is 0.357 e. The van der Waals surface area contributed by atoms with E-state index in [-0.39, 0.29) is 5.70 Å². The number of likely N-dealkylation sites (N-methyl/N-ethyl adjacent to an activating group) is 1. The van der Waals surface area contributed by atoms with Gasteiger partial charge in [0.05, 0.1) is 19.9 Å². The minimum absolute atomic E-state index is 0.279. The van der Waals surface area contributed by atoms with Crippen LogP contribution in [0.5, 0.6) is 0 Å². The molecule has 0 atom stereocenters. The van der Waals surface area contributed by atoms with E-state index < -0.39 is 5.97 Å².